The first-order valence-corrected chi connectivity index (χ1v) is 6.08. The van der Waals surface area contributed by atoms with Gasteiger partial charge in [-0.15, -0.1) is 0 Å². The van der Waals surface area contributed by atoms with Crippen molar-refractivity contribution in [1.82, 2.24) is 0 Å². The number of benzene rings is 2. The van der Waals surface area contributed by atoms with Crippen LogP contribution in [0.1, 0.15) is 5.56 Å². The van der Waals surface area contributed by atoms with Gasteiger partial charge in [-0.1, -0.05) is 6.07 Å². The second-order valence-corrected chi connectivity index (χ2v) is 4.60. The summed E-state index contributed by atoms with van der Waals surface area (Å²) in [5.41, 5.74) is 1.48. The van der Waals surface area contributed by atoms with Gasteiger partial charge in [-0.05, 0) is 47.4 Å². The van der Waals surface area contributed by atoms with Gasteiger partial charge in [0.15, 0.2) is 0 Å². The normalized spacial score (nSPS) is 10.4. The monoisotopic (exact) mass is 277 g/mol. The summed E-state index contributed by atoms with van der Waals surface area (Å²) >= 11 is 0. The van der Waals surface area contributed by atoms with Gasteiger partial charge in [0.05, 0.1) is 0 Å². The van der Waals surface area contributed by atoms with Gasteiger partial charge in [0.1, 0.15) is 11.6 Å². The van der Waals surface area contributed by atoms with E-state index in [1.54, 1.807) is 19.2 Å². The molecule has 2 aromatic rings. The zero-order valence-electron chi connectivity index (χ0n) is 10.9. The summed E-state index contributed by atoms with van der Waals surface area (Å²) in [5, 5.41) is 18.2. The molecular formula is C14H14BF2NO2. The molecule has 0 heterocycles. The maximum atomic E-state index is 13.4. The molecule has 0 unspecified atom stereocenters. The molecule has 104 valence electrons. The molecule has 0 amide bonds. The Morgan fingerprint density at radius 2 is 1.65 bits per heavy atom. The largest absolute Gasteiger partial charge is 0.488 e. The summed E-state index contributed by atoms with van der Waals surface area (Å²) < 4.78 is 26.3. The quantitative estimate of drug-likeness (QED) is 0.827. The van der Waals surface area contributed by atoms with E-state index in [-0.39, 0.29) is 11.3 Å². The first-order valence-electron chi connectivity index (χ1n) is 6.08. The Kier molecular flexibility index (Phi) is 4.37. The van der Waals surface area contributed by atoms with E-state index in [1.165, 1.54) is 24.3 Å². The zero-order valence-corrected chi connectivity index (χ0v) is 10.9. The van der Waals surface area contributed by atoms with E-state index in [9.17, 15) is 8.78 Å². The molecule has 0 aliphatic rings. The van der Waals surface area contributed by atoms with Crippen molar-refractivity contribution in [3.05, 3.63) is 59.7 Å². The summed E-state index contributed by atoms with van der Waals surface area (Å²) in [6.45, 7) is 0.364. The Morgan fingerprint density at radius 3 is 2.25 bits per heavy atom. The zero-order chi connectivity index (χ0) is 14.7. The van der Waals surface area contributed by atoms with Crippen molar-refractivity contribution in [2.24, 2.45) is 0 Å². The second kappa shape index (κ2) is 6.03. The third kappa shape index (κ3) is 3.56. The average Bonchev–Trinajstić information content (AvgIpc) is 2.38. The van der Waals surface area contributed by atoms with Crippen LogP contribution >= 0.6 is 0 Å². The minimum absolute atomic E-state index is 0.104. The van der Waals surface area contributed by atoms with E-state index in [2.05, 4.69) is 0 Å². The molecular weight excluding hydrogens is 263 g/mol. The Morgan fingerprint density at radius 1 is 1.00 bits per heavy atom. The highest BCUT2D eigenvalue weighted by molar-refractivity contribution is 6.58. The molecule has 0 aliphatic carbocycles. The summed E-state index contributed by atoms with van der Waals surface area (Å²) in [7, 11) is 0.0771. The average molecular weight is 277 g/mol. The molecule has 0 spiro atoms. The van der Waals surface area contributed by atoms with Gasteiger partial charge in [0.2, 0.25) is 0 Å². The van der Waals surface area contributed by atoms with Gasteiger partial charge in [-0.25, -0.2) is 8.78 Å². The summed E-state index contributed by atoms with van der Waals surface area (Å²) in [6, 6.07) is 9.86. The van der Waals surface area contributed by atoms with Crippen LogP contribution in [0.5, 0.6) is 0 Å². The highest BCUT2D eigenvalue weighted by atomic mass is 19.1. The lowest BCUT2D eigenvalue weighted by Crippen LogP contribution is -2.31. The molecule has 0 radical (unpaired) electrons. The fourth-order valence-corrected chi connectivity index (χ4v) is 1.98. The van der Waals surface area contributed by atoms with Crippen molar-refractivity contribution in [1.29, 1.82) is 0 Å². The van der Waals surface area contributed by atoms with Crippen molar-refractivity contribution in [2.75, 3.05) is 11.9 Å². The number of hydrogen-bond acceptors (Lipinski definition) is 3. The van der Waals surface area contributed by atoms with E-state index < -0.39 is 12.9 Å². The standard InChI is InChI=1S/C14H14BF2NO2/c1-18(14-4-2-12(16)3-5-14)9-10-6-11(15(19)20)8-13(17)7-10/h2-8,19-20H,9H2,1H3. The fourth-order valence-electron chi connectivity index (χ4n) is 1.98. The first kappa shape index (κ1) is 14.5. The lowest BCUT2D eigenvalue weighted by molar-refractivity contribution is 0.425. The third-order valence-corrected chi connectivity index (χ3v) is 2.97. The van der Waals surface area contributed by atoms with E-state index in [4.69, 9.17) is 10.0 Å². The Hall–Kier alpha value is -1.92. The van der Waals surface area contributed by atoms with E-state index >= 15 is 0 Å². The topological polar surface area (TPSA) is 43.7 Å². The third-order valence-electron chi connectivity index (χ3n) is 2.97. The van der Waals surface area contributed by atoms with Crippen LogP contribution in [-0.4, -0.2) is 24.2 Å². The van der Waals surface area contributed by atoms with Crippen molar-refractivity contribution >= 4 is 18.3 Å². The van der Waals surface area contributed by atoms with Crippen LogP contribution in [0.3, 0.4) is 0 Å². The molecule has 0 aliphatic heterocycles. The molecule has 2 aromatic carbocycles. The summed E-state index contributed by atoms with van der Waals surface area (Å²) in [5.74, 6) is -0.850. The number of halogens is 2. The molecule has 0 bridgehead atoms. The van der Waals surface area contributed by atoms with Crippen molar-refractivity contribution < 1.29 is 18.8 Å². The molecule has 6 heteroatoms. The van der Waals surface area contributed by atoms with Gasteiger partial charge in [0.25, 0.3) is 0 Å². The summed E-state index contributed by atoms with van der Waals surface area (Å²) in [4.78, 5) is 1.81. The highest BCUT2D eigenvalue weighted by Gasteiger charge is 2.14. The lowest BCUT2D eigenvalue weighted by Gasteiger charge is -2.20. The van der Waals surface area contributed by atoms with Crippen LogP contribution in [0.2, 0.25) is 0 Å². The van der Waals surface area contributed by atoms with Gasteiger partial charge in [-0.3, -0.25) is 0 Å². The molecule has 2 N–H and O–H groups in total. The maximum absolute atomic E-state index is 13.4. The molecule has 0 aromatic heterocycles. The van der Waals surface area contributed by atoms with Crippen LogP contribution < -0.4 is 10.4 Å². The van der Waals surface area contributed by atoms with E-state index in [0.29, 0.717) is 12.1 Å². The minimum atomic E-state index is -1.71. The second-order valence-electron chi connectivity index (χ2n) is 4.60. The number of rotatable bonds is 4. The Labute approximate surface area is 116 Å². The van der Waals surface area contributed by atoms with Gasteiger partial charge >= 0.3 is 7.12 Å². The predicted molar refractivity (Wildman–Crippen MR) is 74.7 cm³/mol. The van der Waals surface area contributed by atoms with Crippen molar-refractivity contribution in [3.63, 3.8) is 0 Å². The number of hydrogen-bond donors (Lipinski definition) is 2. The SMILES string of the molecule is CN(Cc1cc(F)cc(B(O)O)c1)c1ccc(F)cc1. The molecule has 0 saturated heterocycles. The smallest absolute Gasteiger partial charge is 0.423 e. The van der Waals surface area contributed by atoms with E-state index in [0.717, 1.165) is 11.8 Å². The Balaban J connectivity index is 2.18. The number of anilines is 1. The van der Waals surface area contributed by atoms with Crippen LogP contribution in [0, 0.1) is 11.6 Å². The molecule has 0 fully saturated rings. The van der Waals surface area contributed by atoms with Crippen LogP contribution in [0.4, 0.5) is 14.5 Å². The predicted octanol–water partition coefficient (Wildman–Crippen LogP) is 1.28. The van der Waals surface area contributed by atoms with Crippen molar-refractivity contribution in [3.8, 4) is 0 Å². The molecule has 2 rings (SSSR count). The number of nitrogens with zero attached hydrogens (tertiary/aromatic N) is 1. The van der Waals surface area contributed by atoms with Crippen LogP contribution in [-0.2, 0) is 6.54 Å². The van der Waals surface area contributed by atoms with Crippen LogP contribution in [0.25, 0.3) is 0 Å². The molecule has 20 heavy (non-hydrogen) atoms. The lowest BCUT2D eigenvalue weighted by atomic mass is 9.79. The molecule has 0 atom stereocenters. The Bertz CT molecular complexity index is 590. The van der Waals surface area contributed by atoms with Gasteiger partial charge in [-0.2, -0.15) is 0 Å². The van der Waals surface area contributed by atoms with Crippen LogP contribution in [0.15, 0.2) is 42.5 Å². The highest BCUT2D eigenvalue weighted by Crippen LogP contribution is 2.16. The van der Waals surface area contributed by atoms with Gasteiger partial charge < -0.3 is 14.9 Å². The first-order chi connectivity index (χ1) is 9.45. The van der Waals surface area contributed by atoms with Gasteiger partial charge in [0, 0.05) is 19.3 Å². The molecule has 0 saturated carbocycles. The van der Waals surface area contributed by atoms with Crippen molar-refractivity contribution in [2.45, 2.75) is 6.54 Å². The fraction of sp³-hybridized carbons (Fsp3) is 0.143. The van der Waals surface area contributed by atoms with E-state index in [1.807, 2.05) is 4.90 Å². The molecule has 3 nitrogen and oxygen atoms in total. The maximum Gasteiger partial charge on any atom is 0.488 e. The summed E-state index contributed by atoms with van der Waals surface area (Å²) in [6.07, 6.45) is 0. The minimum Gasteiger partial charge on any atom is -0.423 e.